The van der Waals surface area contributed by atoms with E-state index in [9.17, 15) is 4.39 Å². The van der Waals surface area contributed by atoms with Crippen molar-refractivity contribution in [3.8, 4) is 22.5 Å². The largest absolute Gasteiger partial charge is 0.380 e. The normalized spacial score (nSPS) is 10.8. The van der Waals surface area contributed by atoms with Gasteiger partial charge in [-0.05, 0) is 42.7 Å². The summed E-state index contributed by atoms with van der Waals surface area (Å²) in [5, 5.41) is 3.80. The zero-order valence-electron chi connectivity index (χ0n) is 11.9. The van der Waals surface area contributed by atoms with Crippen molar-refractivity contribution in [3.05, 3.63) is 59.4 Å². The SMILES string of the molecule is Cc1ccc(-c2c(N)noc2-c2ccccc2F)cc1C. The van der Waals surface area contributed by atoms with Crippen LogP contribution in [0.1, 0.15) is 11.1 Å². The lowest BCUT2D eigenvalue weighted by Gasteiger charge is -2.06. The molecule has 4 heteroatoms. The quantitative estimate of drug-likeness (QED) is 0.760. The molecule has 3 nitrogen and oxygen atoms in total. The molecule has 3 rings (SSSR count). The van der Waals surface area contributed by atoms with Crippen LogP contribution in [0, 0.1) is 19.7 Å². The number of anilines is 1. The summed E-state index contributed by atoms with van der Waals surface area (Å²) in [5.41, 5.74) is 10.1. The van der Waals surface area contributed by atoms with Crippen molar-refractivity contribution in [2.24, 2.45) is 0 Å². The van der Waals surface area contributed by atoms with E-state index < -0.39 is 0 Å². The van der Waals surface area contributed by atoms with E-state index in [-0.39, 0.29) is 11.6 Å². The summed E-state index contributed by atoms with van der Waals surface area (Å²) >= 11 is 0. The molecule has 0 radical (unpaired) electrons. The van der Waals surface area contributed by atoms with Gasteiger partial charge in [0.1, 0.15) is 5.82 Å². The van der Waals surface area contributed by atoms with Crippen LogP contribution in [0.25, 0.3) is 22.5 Å². The van der Waals surface area contributed by atoms with Crippen molar-refractivity contribution in [2.45, 2.75) is 13.8 Å². The van der Waals surface area contributed by atoms with Crippen LogP contribution in [0.4, 0.5) is 10.2 Å². The maximum absolute atomic E-state index is 14.0. The van der Waals surface area contributed by atoms with Crippen LogP contribution in [0.3, 0.4) is 0 Å². The Balaban J connectivity index is 2.22. The zero-order chi connectivity index (χ0) is 15.0. The maximum atomic E-state index is 14.0. The molecule has 0 saturated carbocycles. The fourth-order valence-electron chi connectivity index (χ4n) is 2.31. The molecule has 0 saturated heterocycles. The molecular formula is C17H15FN2O. The zero-order valence-corrected chi connectivity index (χ0v) is 11.9. The van der Waals surface area contributed by atoms with Crippen molar-refractivity contribution in [2.75, 3.05) is 5.73 Å². The Kier molecular flexibility index (Phi) is 3.22. The Morgan fingerprint density at radius 1 is 1.05 bits per heavy atom. The van der Waals surface area contributed by atoms with Crippen LogP contribution in [0.5, 0.6) is 0 Å². The van der Waals surface area contributed by atoms with Gasteiger partial charge in [-0.15, -0.1) is 0 Å². The summed E-state index contributed by atoms with van der Waals surface area (Å²) in [4.78, 5) is 0. The summed E-state index contributed by atoms with van der Waals surface area (Å²) < 4.78 is 19.3. The topological polar surface area (TPSA) is 52.0 Å². The summed E-state index contributed by atoms with van der Waals surface area (Å²) in [6, 6.07) is 12.4. The van der Waals surface area contributed by atoms with Crippen molar-refractivity contribution in [3.63, 3.8) is 0 Å². The predicted octanol–water partition coefficient (Wildman–Crippen LogP) is 4.35. The first kappa shape index (κ1) is 13.4. The second kappa shape index (κ2) is 5.05. The van der Waals surface area contributed by atoms with Gasteiger partial charge in [0.2, 0.25) is 0 Å². The van der Waals surface area contributed by atoms with E-state index in [0.717, 1.165) is 11.1 Å². The van der Waals surface area contributed by atoms with E-state index in [1.165, 1.54) is 11.6 Å². The summed E-state index contributed by atoms with van der Waals surface area (Å²) in [5.74, 6) is 0.254. The van der Waals surface area contributed by atoms with E-state index in [2.05, 4.69) is 5.16 Å². The molecule has 106 valence electrons. The van der Waals surface area contributed by atoms with E-state index in [1.54, 1.807) is 18.2 Å². The molecule has 1 heterocycles. The first-order chi connectivity index (χ1) is 10.1. The molecule has 3 aromatic rings. The number of halogens is 1. The Morgan fingerprint density at radius 3 is 2.52 bits per heavy atom. The molecule has 2 aromatic carbocycles. The Labute approximate surface area is 122 Å². The average molecular weight is 282 g/mol. The fraction of sp³-hybridized carbons (Fsp3) is 0.118. The summed E-state index contributed by atoms with van der Waals surface area (Å²) in [6.07, 6.45) is 0. The lowest BCUT2D eigenvalue weighted by atomic mass is 9.98. The van der Waals surface area contributed by atoms with Gasteiger partial charge in [0.05, 0.1) is 11.1 Å². The molecule has 1 aromatic heterocycles. The van der Waals surface area contributed by atoms with E-state index in [4.69, 9.17) is 10.3 Å². The first-order valence-corrected chi connectivity index (χ1v) is 6.65. The molecule has 0 aliphatic carbocycles. The summed E-state index contributed by atoms with van der Waals surface area (Å²) in [6.45, 7) is 4.05. The number of aryl methyl sites for hydroxylation is 2. The minimum atomic E-state index is -0.362. The van der Waals surface area contributed by atoms with Crippen LogP contribution in [0.15, 0.2) is 47.0 Å². The molecule has 0 aliphatic rings. The van der Waals surface area contributed by atoms with Gasteiger partial charge in [0.25, 0.3) is 0 Å². The average Bonchev–Trinajstić information content (AvgIpc) is 2.84. The molecule has 0 amide bonds. The van der Waals surface area contributed by atoms with Gasteiger partial charge in [0.15, 0.2) is 11.6 Å². The molecule has 0 aliphatic heterocycles. The summed E-state index contributed by atoms with van der Waals surface area (Å²) in [7, 11) is 0. The molecule has 21 heavy (non-hydrogen) atoms. The molecular weight excluding hydrogens is 267 g/mol. The third-order valence-corrected chi connectivity index (χ3v) is 3.63. The molecule has 0 atom stereocenters. The van der Waals surface area contributed by atoms with Crippen molar-refractivity contribution < 1.29 is 8.91 Å². The number of hydrogen-bond donors (Lipinski definition) is 1. The van der Waals surface area contributed by atoms with Crippen molar-refractivity contribution in [1.29, 1.82) is 0 Å². The van der Waals surface area contributed by atoms with Crippen LogP contribution in [0.2, 0.25) is 0 Å². The van der Waals surface area contributed by atoms with Gasteiger partial charge in [0, 0.05) is 0 Å². The van der Waals surface area contributed by atoms with Crippen LogP contribution >= 0.6 is 0 Å². The number of hydrogen-bond acceptors (Lipinski definition) is 3. The third-order valence-electron chi connectivity index (χ3n) is 3.63. The van der Waals surface area contributed by atoms with Crippen molar-refractivity contribution >= 4 is 5.82 Å². The number of nitrogens with two attached hydrogens (primary N) is 1. The fourth-order valence-corrected chi connectivity index (χ4v) is 2.31. The lowest BCUT2D eigenvalue weighted by Crippen LogP contribution is -1.91. The Morgan fingerprint density at radius 2 is 1.81 bits per heavy atom. The minimum absolute atomic E-state index is 0.261. The monoisotopic (exact) mass is 282 g/mol. The highest BCUT2D eigenvalue weighted by atomic mass is 19.1. The number of nitrogen functional groups attached to an aromatic ring is 1. The predicted molar refractivity (Wildman–Crippen MR) is 81.2 cm³/mol. The maximum Gasteiger partial charge on any atom is 0.179 e. The number of rotatable bonds is 2. The standard InChI is InChI=1S/C17H15FN2O/c1-10-7-8-12(9-11(10)2)15-16(21-20-17(15)19)13-5-3-4-6-14(13)18/h3-9H,1-2H3,(H2,19,20). The highest BCUT2D eigenvalue weighted by Crippen LogP contribution is 2.38. The van der Waals surface area contributed by atoms with Crippen LogP contribution < -0.4 is 5.73 Å². The molecule has 0 unspecified atom stereocenters. The van der Waals surface area contributed by atoms with Crippen molar-refractivity contribution in [1.82, 2.24) is 5.16 Å². The number of aromatic nitrogens is 1. The Bertz CT molecular complexity index is 808. The van der Waals surface area contributed by atoms with Crippen LogP contribution in [-0.4, -0.2) is 5.16 Å². The van der Waals surface area contributed by atoms with E-state index in [0.29, 0.717) is 16.9 Å². The lowest BCUT2D eigenvalue weighted by molar-refractivity contribution is 0.433. The smallest absolute Gasteiger partial charge is 0.179 e. The van der Waals surface area contributed by atoms with Gasteiger partial charge in [-0.25, -0.2) is 4.39 Å². The minimum Gasteiger partial charge on any atom is -0.380 e. The molecule has 2 N–H and O–H groups in total. The molecule has 0 spiro atoms. The van der Waals surface area contributed by atoms with Crippen LogP contribution in [-0.2, 0) is 0 Å². The highest BCUT2D eigenvalue weighted by Gasteiger charge is 2.20. The van der Waals surface area contributed by atoms with Gasteiger partial charge in [-0.3, -0.25) is 0 Å². The first-order valence-electron chi connectivity index (χ1n) is 6.65. The highest BCUT2D eigenvalue weighted by molar-refractivity contribution is 5.86. The number of nitrogens with zero attached hydrogens (tertiary/aromatic N) is 1. The van der Waals surface area contributed by atoms with E-state index >= 15 is 0 Å². The second-order valence-corrected chi connectivity index (χ2v) is 5.05. The third kappa shape index (κ3) is 2.29. The van der Waals surface area contributed by atoms with Gasteiger partial charge in [-0.1, -0.05) is 35.5 Å². The van der Waals surface area contributed by atoms with Gasteiger partial charge >= 0.3 is 0 Å². The van der Waals surface area contributed by atoms with Gasteiger partial charge in [-0.2, -0.15) is 0 Å². The van der Waals surface area contributed by atoms with Gasteiger partial charge < -0.3 is 10.3 Å². The van der Waals surface area contributed by atoms with E-state index in [1.807, 2.05) is 32.0 Å². The molecule has 0 fully saturated rings. The number of benzene rings is 2. The Hall–Kier alpha value is -2.62. The second-order valence-electron chi connectivity index (χ2n) is 5.05. The molecule has 0 bridgehead atoms.